The standard InChI is InChI=1S/C12H12F2N2O2/c1-2-18-12(17)9-4-7(5-15)3-8(6-16)10(9)11(13)14/h3-4,11H,2,6,16H2,1H3. The number of nitriles is 1. The number of carbonyl (C=O) groups is 1. The number of benzene rings is 1. The zero-order valence-corrected chi connectivity index (χ0v) is 9.74. The minimum atomic E-state index is -2.85. The van der Waals surface area contributed by atoms with Crippen molar-refractivity contribution in [3.05, 3.63) is 34.4 Å². The number of halogens is 2. The van der Waals surface area contributed by atoms with Crippen LogP contribution in [0.25, 0.3) is 0 Å². The molecule has 0 spiro atoms. The molecular weight excluding hydrogens is 242 g/mol. The molecule has 1 aromatic carbocycles. The van der Waals surface area contributed by atoms with E-state index >= 15 is 0 Å². The van der Waals surface area contributed by atoms with Crippen LogP contribution in [0.15, 0.2) is 12.1 Å². The van der Waals surface area contributed by atoms with Crippen LogP contribution < -0.4 is 5.73 Å². The van der Waals surface area contributed by atoms with Crippen molar-refractivity contribution in [3.63, 3.8) is 0 Å². The molecule has 0 unspecified atom stereocenters. The molecule has 0 heterocycles. The SMILES string of the molecule is CCOC(=O)c1cc(C#N)cc(CN)c1C(F)F. The Morgan fingerprint density at radius 2 is 2.22 bits per heavy atom. The van der Waals surface area contributed by atoms with Crippen molar-refractivity contribution in [2.24, 2.45) is 5.73 Å². The Labute approximate surface area is 103 Å². The fourth-order valence-electron chi connectivity index (χ4n) is 1.58. The second-order valence-corrected chi connectivity index (χ2v) is 3.43. The molecule has 0 amide bonds. The normalized spacial score (nSPS) is 10.2. The van der Waals surface area contributed by atoms with Crippen LogP contribution in [-0.4, -0.2) is 12.6 Å². The first kappa shape index (κ1) is 14.1. The lowest BCUT2D eigenvalue weighted by atomic mass is 9.98. The summed E-state index contributed by atoms with van der Waals surface area (Å²) in [7, 11) is 0. The van der Waals surface area contributed by atoms with Crippen LogP contribution in [0, 0.1) is 11.3 Å². The predicted octanol–water partition coefficient (Wildman–Crippen LogP) is 2.13. The molecule has 6 heteroatoms. The number of ether oxygens (including phenoxy) is 1. The van der Waals surface area contributed by atoms with Crippen molar-refractivity contribution in [2.75, 3.05) is 6.61 Å². The Morgan fingerprint density at radius 3 is 2.67 bits per heavy atom. The Hall–Kier alpha value is -2.00. The van der Waals surface area contributed by atoms with Crippen LogP contribution >= 0.6 is 0 Å². The topological polar surface area (TPSA) is 76.1 Å². The highest BCUT2D eigenvalue weighted by Gasteiger charge is 2.23. The van der Waals surface area contributed by atoms with Gasteiger partial charge in [0, 0.05) is 12.1 Å². The first-order chi connectivity index (χ1) is 8.54. The molecule has 0 saturated carbocycles. The quantitative estimate of drug-likeness (QED) is 0.835. The lowest BCUT2D eigenvalue weighted by Gasteiger charge is -2.13. The van der Waals surface area contributed by atoms with Gasteiger partial charge in [0.25, 0.3) is 6.43 Å². The van der Waals surface area contributed by atoms with Crippen molar-refractivity contribution < 1.29 is 18.3 Å². The van der Waals surface area contributed by atoms with Gasteiger partial charge in [0.05, 0.1) is 23.8 Å². The second-order valence-electron chi connectivity index (χ2n) is 3.43. The smallest absolute Gasteiger partial charge is 0.338 e. The van der Waals surface area contributed by atoms with E-state index in [0.29, 0.717) is 0 Å². The lowest BCUT2D eigenvalue weighted by molar-refractivity contribution is 0.0515. The van der Waals surface area contributed by atoms with E-state index in [2.05, 4.69) is 0 Å². The molecule has 0 atom stereocenters. The highest BCUT2D eigenvalue weighted by atomic mass is 19.3. The van der Waals surface area contributed by atoms with Gasteiger partial charge in [0.1, 0.15) is 0 Å². The molecule has 0 aromatic heterocycles. The minimum Gasteiger partial charge on any atom is -0.462 e. The summed E-state index contributed by atoms with van der Waals surface area (Å²) in [6, 6.07) is 4.15. The third-order valence-corrected chi connectivity index (χ3v) is 2.33. The molecule has 0 saturated heterocycles. The van der Waals surface area contributed by atoms with E-state index in [1.54, 1.807) is 13.0 Å². The average Bonchev–Trinajstić information content (AvgIpc) is 2.36. The van der Waals surface area contributed by atoms with Crippen molar-refractivity contribution in [1.29, 1.82) is 5.26 Å². The van der Waals surface area contributed by atoms with Crippen molar-refractivity contribution >= 4 is 5.97 Å². The van der Waals surface area contributed by atoms with E-state index in [1.165, 1.54) is 6.07 Å². The monoisotopic (exact) mass is 254 g/mol. The summed E-state index contributed by atoms with van der Waals surface area (Å²) in [5, 5.41) is 8.79. The van der Waals surface area contributed by atoms with Gasteiger partial charge in [-0.25, -0.2) is 13.6 Å². The van der Waals surface area contributed by atoms with Crippen LogP contribution in [-0.2, 0) is 11.3 Å². The summed E-state index contributed by atoms with van der Waals surface area (Å²) in [6.07, 6.45) is -2.85. The van der Waals surface area contributed by atoms with Gasteiger partial charge in [0.15, 0.2) is 0 Å². The molecule has 96 valence electrons. The summed E-state index contributed by atoms with van der Waals surface area (Å²) >= 11 is 0. The van der Waals surface area contributed by atoms with Crippen molar-refractivity contribution in [2.45, 2.75) is 19.9 Å². The van der Waals surface area contributed by atoms with E-state index in [-0.39, 0.29) is 29.8 Å². The molecule has 0 aliphatic rings. The van der Waals surface area contributed by atoms with Crippen LogP contribution in [0.5, 0.6) is 0 Å². The Morgan fingerprint density at radius 1 is 1.56 bits per heavy atom. The number of rotatable bonds is 4. The third kappa shape index (κ3) is 2.81. The molecule has 18 heavy (non-hydrogen) atoms. The van der Waals surface area contributed by atoms with Crippen LogP contribution in [0.4, 0.5) is 8.78 Å². The molecule has 1 aromatic rings. The molecule has 2 N–H and O–H groups in total. The number of nitrogens with zero attached hydrogens (tertiary/aromatic N) is 1. The molecule has 0 fully saturated rings. The van der Waals surface area contributed by atoms with E-state index in [4.69, 9.17) is 15.7 Å². The van der Waals surface area contributed by atoms with Gasteiger partial charge in [-0.15, -0.1) is 0 Å². The van der Waals surface area contributed by atoms with Crippen LogP contribution in [0.2, 0.25) is 0 Å². The first-order valence-electron chi connectivity index (χ1n) is 5.27. The highest BCUT2D eigenvalue weighted by molar-refractivity contribution is 5.92. The third-order valence-electron chi connectivity index (χ3n) is 2.33. The molecule has 0 aliphatic carbocycles. The number of esters is 1. The summed E-state index contributed by atoms with van der Waals surface area (Å²) in [5.41, 5.74) is 4.77. The average molecular weight is 254 g/mol. The van der Waals surface area contributed by atoms with Crippen molar-refractivity contribution in [3.8, 4) is 6.07 Å². The molecule has 0 aliphatic heterocycles. The Balaban J connectivity index is 3.45. The van der Waals surface area contributed by atoms with E-state index < -0.39 is 18.0 Å². The number of nitrogens with two attached hydrogens (primary N) is 1. The van der Waals surface area contributed by atoms with E-state index in [9.17, 15) is 13.6 Å². The van der Waals surface area contributed by atoms with E-state index in [1.807, 2.05) is 0 Å². The van der Waals surface area contributed by atoms with E-state index in [0.717, 1.165) is 6.07 Å². The number of hydrogen-bond acceptors (Lipinski definition) is 4. The zero-order valence-electron chi connectivity index (χ0n) is 9.74. The van der Waals surface area contributed by atoms with Gasteiger partial charge in [0.2, 0.25) is 0 Å². The largest absolute Gasteiger partial charge is 0.462 e. The molecular formula is C12H12F2N2O2. The maximum absolute atomic E-state index is 13.0. The predicted molar refractivity (Wildman–Crippen MR) is 60.0 cm³/mol. The fourth-order valence-corrected chi connectivity index (χ4v) is 1.58. The lowest BCUT2D eigenvalue weighted by Crippen LogP contribution is -2.13. The molecule has 1 rings (SSSR count). The summed E-state index contributed by atoms with van der Waals surface area (Å²) < 4.78 is 30.6. The summed E-state index contributed by atoms with van der Waals surface area (Å²) in [6.45, 7) is 1.45. The maximum Gasteiger partial charge on any atom is 0.338 e. The fraction of sp³-hybridized carbons (Fsp3) is 0.333. The number of carbonyl (C=O) groups excluding carboxylic acids is 1. The zero-order chi connectivity index (χ0) is 13.7. The Bertz CT molecular complexity index is 496. The molecule has 4 nitrogen and oxygen atoms in total. The highest BCUT2D eigenvalue weighted by Crippen LogP contribution is 2.28. The van der Waals surface area contributed by atoms with Crippen molar-refractivity contribution in [1.82, 2.24) is 0 Å². The Kier molecular flexibility index (Phi) is 4.75. The van der Waals surface area contributed by atoms with Gasteiger partial charge in [-0.3, -0.25) is 0 Å². The summed E-state index contributed by atoms with van der Waals surface area (Å²) in [4.78, 5) is 11.6. The van der Waals surface area contributed by atoms with Gasteiger partial charge < -0.3 is 10.5 Å². The van der Waals surface area contributed by atoms with Gasteiger partial charge in [-0.1, -0.05) is 0 Å². The maximum atomic E-state index is 13.0. The second kappa shape index (κ2) is 6.07. The molecule has 0 bridgehead atoms. The van der Waals surface area contributed by atoms with Crippen LogP contribution in [0.3, 0.4) is 0 Å². The van der Waals surface area contributed by atoms with Crippen LogP contribution in [0.1, 0.15) is 40.4 Å². The van der Waals surface area contributed by atoms with Gasteiger partial charge in [-0.2, -0.15) is 5.26 Å². The first-order valence-corrected chi connectivity index (χ1v) is 5.27. The van der Waals surface area contributed by atoms with Gasteiger partial charge >= 0.3 is 5.97 Å². The minimum absolute atomic E-state index is 0.0657. The van der Waals surface area contributed by atoms with Gasteiger partial charge in [-0.05, 0) is 24.6 Å². The number of hydrogen-bond donors (Lipinski definition) is 1. The summed E-state index contributed by atoms with van der Waals surface area (Å²) in [5.74, 6) is -0.875. The number of alkyl halides is 2. The molecule has 0 radical (unpaired) electrons.